The van der Waals surface area contributed by atoms with Crippen LogP contribution in [0.5, 0.6) is 0 Å². The van der Waals surface area contributed by atoms with Crippen LogP contribution < -0.4 is 0 Å². The predicted molar refractivity (Wildman–Crippen MR) is 211 cm³/mol. The summed E-state index contributed by atoms with van der Waals surface area (Å²) in [7, 11) is 0. The number of hydrogen-bond acceptors (Lipinski definition) is 5. The fourth-order valence-corrected chi connectivity index (χ4v) is 7.78. The van der Waals surface area contributed by atoms with Crippen LogP contribution in [0.25, 0.3) is 111 Å². The molecule has 11 aromatic rings. The first-order chi connectivity index (χ1) is 25.8. The van der Waals surface area contributed by atoms with Crippen molar-refractivity contribution >= 4 is 65.6 Å². The molecule has 5 nitrogen and oxygen atoms in total. The fraction of sp³-hybridized carbons (Fsp3) is 0. The molecule has 11 rings (SSSR count). The van der Waals surface area contributed by atoms with Crippen LogP contribution in [0.4, 0.5) is 0 Å². The molecule has 0 atom stereocenters. The number of furan rings is 2. The molecule has 0 saturated heterocycles. The molecule has 7 aromatic carbocycles. The van der Waals surface area contributed by atoms with Gasteiger partial charge in [0.2, 0.25) is 0 Å². The zero-order valence-corrected chi connectivity index (χ0v) is 27.7. The molecule has 0 N–H and O–H groups in total. The first kappa shape index (κ1) is 28.7. The molecule has 52 heavy (non-hydrogen) atoms. The smallest absolute Gasteiger partial charge is 0.160 e. The van der Waals surface area contributed by atoms with Crippen LogP contribution in [0.1, 0.15) is 0 Å². The molecule has 242 valence electrons. The van der Waals surface area contributed by atoms with E-state index in [-0.39, 0.29) is 0 Å². The minimum absolute atomic E-state index is 0.640. The zero-order valence-electron chi connectivity index (χ0n) is 27.7. The van der Waals surface area contributed by atoms with Crippen molar-refractivity contribution in [2.24, 2.45) is 0 Å². The summed E-state index contributed by atoms with van der Waals surface area (Å²) in [5, 5.41) is 7.48. The van der Waals surface area contributed by atoms with Crippen LogP contribution in [-0.4, -0.2) is 15.0 Å². The molecule has 0 unspecified atom stereocenters. The highest BCUT2D eigenvalue weighted by atomic mass is 16.3. The van der Waals surface area contributed by atoms with Crippen molar-refractivity contribution in [2.75, 3.05) is 0 Å². The average Bonchev–Trinajstić information content (AvgIpc) is 3.80. The van der Waals surface area contributed by atoms with E-state index in [9.17, 15) is 0 Å². The molecule has 4 heterocycles. The molecule has 0 aliphatic rings. The highest BCUT2D eigenvalue weighted by Crippen LogP contribution is 2.44. The lowest BCUT2D eigenvalue weighted by atomic mass is 9.95. The third-order valence-electron chi connectivity index (χ3n) is 10.1. The van der Waals surface area contributed by atoms with E-state index in [0.717, 1.165) is 105 Å². The van der Waals surface area contributed by atoms with E-state index in [1.165, 1.54) is 0 Å². The molecule has 5 heteroatoms. The minimum atomic E-state index is 0.640. The lowest BCUT2D eigenvalue weighted by molar-refractivity contribution is 0.669. The number of fused-ring (bicyclic) bond motifs is 10. The quantitative estimate of drug-likeness (QED) is 0.175. The van der Waals surface area contributed by atoms with Gasteiger partial charge in [0.15, 0.2) is 5.82 Å². The monoisotopic (exact) mass is 665 g/mol. The molecule has 0 aliphatic heterocycles. The Morgan fingerprint density at radius 3 is 1.85 bits per heavy atom. The summed E-state index contributed by atoms with van der Waals surface area (Å²) >= 11 is 0. The molecule has 0 aliphatic carbocycles. The number of benzene rings is 7. The topological polar surface area (TPSA) is 65.0 Å². The summed E-state index contributed by atoms with van der Waals surface area (Å²) in [6, 6.07) is 55.9. The van der Waals surface area contributed by atoms with Gasteiger partial charge in [0.25, 0.3) is 0 Å². The SMILES string of the molecule is c1ccc(-c2nc(-c3cccc4c3oc3ccc5c(-c6ccccc6)nc6ccccc6c5c34)cc(-c3cccc4oc5ccccc5c34)n2)cc1. The van der Waals surface area contributed by atoms with Crippen molar-refractivity contribution in [1.29, 1.82) is 0 Å². The van der Waals surface area contributed by atoms with Gasteiger partial charge in [0.1, 0.15) is 22.3 Å². The maximum Gasteiger partial charge on any atom is 0.160 e. The molecule has 0 amide bonds. The number of nitrogens with zero attached hydrogens (tertiary/aromatic N) is 3. The minimum Gasteiger partial charge on any atom is -0.456 e. The summed E-state index contributed by atoms with van der Waals surface area (Å²) < 4.78 is 13.1. The second kappa shape index (κ2) is 11.2. The van der Waals surface area contributed by atoms with Gasteiger partial charge in [-0.3, -0.25) is 0 Å². The van der Waals surface area contributed by atoms with Crippen molar-refractivity contribution in [1.82, 2.24) is 15.0 Å². The molecular formula is C47H27N3O2. The van der Waals surface area contributed by atoms with E-state index in [0.29, 0.717) is 5.82 Å². The Kier molecular flexibility index (Phi) is 6.18. The van der Waals surface area contributed by atoms with Crippen molar-refractivity contribution in [3.63, 3.8) is 0 Å². The third kappa shape index (κ3) is 4.33. The van der Waals surface area contributed by atoms with E-state index in [2.05, 4.69) is 91.0 Å². The first-order valence-corrected chi connectivity index (χ1v) is 17.4. The van der Waals surface area contributed by atoms with Crippen LogP contribution in [0.3, 0.4) is 0 Å². The Morgan fingerprint density at radius 1 is 0.365 bits per heavy atom. The Morgan fingerprint density at radius 2 is 1.00 bits per heavy atom. The highest BCUT2D eigenvalue weighted by Gasteiger charge is 2.21. The van der Waals surface area contributed by atoms with E-state index in [4.69, 9.17) is 23.8 Å². The van der Waals surface area contributed by atoms with Gasteiger partial charge in [0, 0.05) is 60.0 Å². The van der Waals surface area contributed by atoms with Crippen LogP contribution in [0.15, 0.2) is 173 Å². The Labute approximate surface area is 297 Å². The Bertz CT molecular complexity index is 3180. The first-order valence-electron chi connectivity index (χ1n) is 17.4. The average molecular weight is 666 g/mol. The van der Waals surface area contributed by atoms with Crippen LogP contribution in [0, 0.1) is 0 Å². The number of hydrogen-bond donors (Lipinski definition) is 0. The van der Waals surface area contributed by atoms with Gasteiger partial charge in [-0.05, 0) is 42.5 Å². The number of para-hydroxylation sites is 3. The van der Waals surface area contributed by atoms with Crippen molar-refractivity contribution in [2.45, 2.75) is 0 Å². The number of rotatable bonds is 4. The third-order valence-corrected chi connectivity index (χ3v) is 10.1. The second-order valence-electron chi connectivity index (χ2n) is 13.1. The van der Waals surface area contributed by atoms with Crippen LogP contribution >= 0.6 is 0 Å². The van der Waals surface area contributed by atoms with Crippen molar-refractivity contribution in [3.8, 4) is 45.2 Å². The predicted octanol–water partition coefficient (Wildman–Crippen LogP) is 12.6. The molecule has 0 saturated carbocycles. The van der Waals surface area contributed by atoms with Gasteiger partial charge >= 0.3 is 0 Å². The van der Waals surface area contributed by atoms with Gasteiger partial charge in [-0.2, -0.15) is 0 Å². The van der Waals surface area contributed by atoms with Crippen molar-refractivity contribution < 1.29 is 8.83 Å². The highest BCUT2D eigenvalue weighted by molar-refractivity contribution is 6.29. The molecular weight excluding hydrogens is 639 g/mol. The summed E-state index contributed by atoms with van der Waals surface area (Å²) in [6.07, 6.45) is 0. The fourth-order valence-electron chi connectivity index (χ4n) is 7.78. The summed E-state index contributed by atoms with van der Waals surface area (Å²) in [5.74, 6) is 0.640. The molecule has 0 spiro atoms. The second-order valence-corrected chi connectivity index (χ2v) is 13.1. The summed E-state index contributed by atoms with van der Waals surface area (Å²) in [5.41, 5.74) is 10.6. The standard InChI is InChI=1S/C47H27N3O2/c1-3-13-28(14-4-1)45-34-25-26-41-44(43(34)30-17-7-9-22-36(30)48-45)35-21-11-20-32(46(35)52-41)38-27-37(49-47(50-38)29-15-5-2-6-16-29)31-19-12-24-40-42(31)33-18-8-10-23-39(33)51-40/h1-27H. The van der Waals surface area contributed by atoms with Crippen molar-refractivity contribution in [3.05, 3.63) is 164 Å². The van der Waals surface area contributed by atoms with Crippen LogP contribution in [0.2, 0.25) is 0 Å². The molecule has 0 radical (unpaired) electrons. The number of aromatic nitrogens is 3. The Balaban J connectivity index is 1.21. The van der Waals surface area contributed by atoms with E-state index in [1.54, 1.807) is 0 Å². The molecule has 0 bridgehead atoms. The summed E-state index contributed by atoms with van der Waals surface area (Å²) in [4.78, 5) is 15.6. The van der Waals surface area contributed by atoms with E-state index in [1.807, 2.05) is 72.8 Å². The van der Waals surface area contributed by atoms with Gasteiger partial charge in [-0.25, -0.2) is 15.0 Å². The maximum atomic E-state index is 6.85. The maximum absolute atomic E-state index is 6.85. The van der Waals surface area contributed by atoms with Gasteiger partial charge in [-0.15, -0.1) is 0 Å². The van der Waals surface area contributed by atoms with Gasteiger partial charge in [-0.1, -0.05) is 121 Å². The lowest BCUT2D eigenvalue weighted by Crippen LogP contribution is -1.96. The molecule has 4 aromatic heterocycles. The summed E-state index contributed by atoms with van der Waals surface area (Å²) in [6.45, 7) is 0. The van der Waals surface area contributed by atoms with Gasteiger partial charge in [0.05, 0.1) is 22.6 Å². The lowest BCUT2D eigenvalue weighted by Gasteiger charge is -2.11. The van der Waals surface area contributed by atoms with Gasteiger partial charge < -0.3 is 8.83 Å². The van der Waals surface area contributed by atoms with Crippen LogP contribution in [-0.2, 0) is 0 Å². The largest absolute Gasteiger partial charge is 0.456 e. The normalized spacial score (nSPS) is 11.8. The van der Waals surface area contributed by atoms with E-state index < -0.39 is 0 Å². The number of pyridine rings is 1. The Hall–Kier alpha value is -7.11. The van der Waals surface area contributed by atoms with E-state index >= 15 is 0 Å². The zero-order chi connectivity index (χ0) is 34.2. The molecule has 0 fully saturated rings.